The molecule has 6 aromatic rings. The summed E-state index contributed by atoms with van der Waals surface area (Å²) in [5.41, 5.74) is 9.33. The van der Waals surface area contributed by atoms with E-state index in [0.717, 1.165) is 0 Å². The van der Waals surface area contributed by atoms with Crippen LogP contribution in [0.2, 0.25) is 0 Å². The molecule has 0 atom stereocenters. The second kappa shape index (κ2) is 41.0. The molecule has 0 amide bonds. The first-order valence-corrected chi connectivity index (χ1v) is 68.1. The van der Waals surface area contributed by atoms with Crippen LogP contribution in [0.15, 0.2) is 167 Å². The Hall–Kier alpha value is 4.66. The van der Waals surface area contributed by atoms with Gasteiger partial charge in [-0.05, 0) is 92.8 Å². The topological polar surface area (TPSA) is 24.7 Å². The molecule has 0 unspecified atom stereocenters. The Kier molecular flexibility index (Phi) is 43.5. The number of hydrogen-bond acceptors (Lipinski definition) is 2. The third-order valence-corrected chi connectivity index (χ3v) is 22.0. The second-order valence-corrected chi connectivity index (χ2v) is 128. The van der Waals surface area contributed by atoms with Gasteiger partial charge in [0.1, 0.15) is 0 Å². The Bertz CT molecular complexity index is 2330. The van der Waals surface area contributed by atoms with E-state index in [4.69, 9.17) is 9.49 Å². The monoisotopic (exact) mass is 1780 g/mol. The first-order chi connectivity index (χ1) is 33.8. The molecule has 6 aromatic carbocycles. The summed E-state index contributed by atoms with van der Waals surface area (Å²) in [6.45, 7) is 18.4. The zero-order valence-corrected chi connectivity index (χ0v) is 71.6. The van der Waals surface area contributed by atoms with Crippen molar-refractivity contribution < 1.29 is 145 Å². The number of rotatable bonds is 12. The normalized spacial score (nSPS) is 13.4. The van der Waals surface area contributed by atoms with E-state index < -0.39 is 39.7 Å². The molecule has 0 saturated heterocycles. The van der Waals surface area contributed by atoms with Crippen molar-refractivity contribution in [2.75, 3.05) is 0 Å². The van der Waals surface area contributed by atoms with E-state index in [1.54, 1.807) is 0 Å². The summed E-state index contributed by atoms with van der Waals surface area (Å²) in [4.78, 5) is 0. The first kappa shape index (κ1) is 80.7. The van der Waals surface area contributed by atoms with Crippen LogP contribution in [0, 0.1) is 7.43 Å². The quantitative estimate of drug-likeness (QED) is 0.0663. The van der Waals surface area contributed by atoms with Gasteiger partial charge < -0.3 is 24.4 Å². The minimum atomic E-state index is -1.98. The summed E-state index contributed by atoms with van der Waals surface area (Å²) in [6, 6.07) is 58.6. The van der Waals surface area contributed by atoms with Crippen LogP contribution in [0.25, 0.3) is 0 Å². The molecular weight excluding hydrogens is 1710 g/mol. The van der Waals surface area contributed by atoms with E-state index in [9.17, 15) is 0 Å². The maximum atomic E-state index is 5.97. The zero-order valence-electron chi connectivity index (χ0n) is 45.9. The molecule has 0 N–H and O–H groups in total. The fraction of sp³-hybridized carbons (Fsp3) is 0.383. The maximum absolute atomic E-state index is 5.97. The standard InChI is InChI=1S/2C29H36NP.CH4.CH3.8BrH.2K.2Zr/c2*1-22(2)27-20-13-21-28(23(3)4)29(27)30-31(26-18-11-12-19-26,24-14-7-5-8-15-24)25-16-9-6-10-17-25;;;;;;;;;;;;;;/h2*5-10,13-17,20-23,26H,11-12,18-19H2,1-4H3;1H4;1H3;8*1H;;;;/q;;;-1;;;;;;;;;2*+1;+3;+4/p-8. The van der Waals surface area contributed by atoms with Crippen molar-refractivity contribution in [3.63, 3.8) is 0 Å². The minimum absolute atomic E-state index is 0. The van der Waals surface area contributed by atoms with Crippen LogP contribution in [-0.2, 0) is 25.6 Å². The number of hydrogen-bond donors (Lipinski definition) is 0. The van der Waals surface area contributed by atoms with Gasteiger partial charge in [0.25, 0.3) is 0 Å². The fourth-order valence-corrected chi connectivity index (χ4v) is 19.2. The van der Waals surface area contributed by atoms with Crippen molar-refractivity contribution >= 4 is 132 Å². The molecule has 2 fully saturated rings. The van der Waals surface area contributed by atoms with E-state index >= 15 is 0 Å². The third-order valence-electron chi connectivity index (χ3n) is 13.5. The summed E-state index contributed by atoms with van der Waals surface area (Å²) in [7, 11) is -5.89. The fourth-order valence-electron chi connectivity index (χ4n) is 10.3. The van der Waals surface area contributed by atoms with Crippen LogP contribution in [0.3, 0.4) is 0 Å². The van der Waals surface area contributed by atoms with Crippen molar-refractivity contribution in [1.29, 1.82) is 0 Å². The van der Waals surface area contributed by atoms with Crippen LogP contribution in [-0.4, -0.2) is 11.3 Å². The van der Waals surface area contributed by atoms with Crippen molar-refractivity contribution in [3.8, 4) is 0 Å². The number of halogens is 8. The van der Waals surface area contributed by atoms with Gasteiger partial charge in [0.05, 0.1) is 11.4 Å². The van der Waals surface area contributed by atoms with Crippen molar-refractivity contribution in [2.24, 2.45) is 9.49 Å². The predicted molar refractivity (Wildman–Crippen MR) is 352 cm³/mol. The van der Waals surface area contributed by atoms with Gasteiger partial charge in [0.15, 0.2) is 0 Å². The van der Waals surface area contributed by atoms with Gasteiger partial charge >= 0.3 is 214 Å². The van der Waals surface area contributed by atoms with Crippen molar-refractivity contribution in [2.45, 2.75) is 149 Å². The summed E-state index contributed by atoms with van der Waals surface area (Å²) in [5.74, 6) is 1.81. The average molecular weight is 1790 g/mol. The predicted octanol–water partition coefficient (Wildman–Crippen LogP) is 14.7. The third kappa shape index (κ3) is 24.0. The van der Waals surface area contributed by atoms with Crippen molar-refractivity contribution in [3.05, 3.63) is 187 Å². The molecule has 76 heavy (non-hydrogen) atoms. The molecule has 405 valence electrons. The molecule has 2 aliphatic carbocycles. The molecule has 16 heteroatoms. The van der Waals surface area contributed by atoms with Crippen molar-refractivity contribution in [1.82, 2.24) is 0 Å². The van der Waals surface area contributed by atoms with Crippen LogP contribution in [0.1, 0.15) is 160 Å². The molecule has 0 aliphatic heterocycles. The van der Waals surface area contributed by atoms with E-state index in [0.29, 0.717) is 35.0 Å². The molecule has 0 aromatic heterocycles. The van der Waals surface area contributed by atoms with Crippen LogP contribution < -0.4 is 141 Å². The molecule has 2 nitrogen and oxygen atoms in total. The summed E-state index contributed by atoms with van der Waals surface area (Å²) in [5, 5.41) is 5.73. The molecule has 2 aliphatic rings. The van der Waals surface area contributed by atoms with Crippen LogP contribution >= 0.6 is 99.6 Å². The second-order valence-electron chi connectivity index (χ2n) is 19.6. The molecule has 0 bridgehead atoms. The molecule has 0 heterocycles. The Morgan fingerprint density at radius 3 is 0.763 bits per heavy atom. The average Bonchev–Trinajstić information content (AvgIpc) is 4.10. The van der Waals surface area contributed by atoms with Gasteiger partial charge in [-0.15, -0.1) is 0 Å². The largest absolute Gasteiger partial charge is 1.00 e. The van der Waals surface area contributed by atoms with Gasteiger partial charge in [0.2, 0.25) is 0 Å². The zero-order chi connectivity index (χ0) is 51.8. The number of benzene rings is 6. The van der Waals surface area contributed by atoms with Crippen LogP contribution in [0.5, 0.6) is 0 Å². The molecule has 0 spiro atoms. The van der Waals surface area contributed by atoms with E-state index in [1.165, 1.54) is 106 Å². The molecule has 8 rings (SSSR count). The molecular formula is C60H79Br8K2N2P2Zr2. The molecule has 2 saturated carbocycles. The van der Waals surface area contributed by atoms with E-state index in [1.807, 2.05) is 0 Å². The van der Waals surface area contributed by atoms with E-state index in [-0.39, 0.29) is 135 Å². The van der Waals surface area contributed by atoms with Gasteiger partial charge in [-0.25, -0.2) is 0 Å². The Balaban J connectivity index is 0.00000121. The Morgan fingerprint density at radius 2 is 0.592 bits per heavy atom. The van der Waals surface area contributed by atoms with Gasteiger partial charge in [-0.1, -0.05) is 246 Å². The Labute approximate surface area is 611 Å². The maximum Gasteiger partial charge on any atom is 1.00 e. The molecule has 0 radical (unpaired) electrons. The summed E-state index contributed by atoms with van der Waals surface area (Å²) >= 11 is 22.1. The van der Waals surface area contributed by atoms with Gasteiger partial charge in [0, 0.05) is 25.4 Å². The smallest absolute Gasteiger partial charge is 0.358 e. The SMILES string of the molecule is C.CC(C)c1cccc(C(C)C)c1N=P(c1ccccc1)(c1ccccc1)C1CCCC1.CC(C)c1cccc(C(C)C)c1N=P(c1ccccc1)(c1ccccc1)C1CCCC1.[Br-].[Br][Zr]([Br])([Br])[Br].[Br][Zr]([Br])[Br].[CH3-].[K+].[K+]. The van der Waals surface area contributed by atoms with E-state index in [2.05, 4.69) is 299 Å². The first-order valence-electron chi connectivity index (χ1n) is 25.1. The van der Waals surface area contributed by atoms with Crippen LogP contribution in [0.4, 0.5) is 11.4 Å². The summed E-state index contributed by atoms with van der Waals surface area (Å²) < 4.78 is 11.9. The Morgan fingerprint density at radius 1 is 0.408 bits per heavy atom. The van der Waals surface area contributed by atoms with Gasteiger partial charge in [-0.3, -0.25) is 9.49 Å². The minimum Gasteiger partial charge on any atom is -0.358 e. The number of nitrogens with zero attached hydrogens (tertiary/aromatic N) is 2. The van der Waals surface area contributed by atoms with Gasteiger partial charge in [-0.2, -0.15) is 0 Å². The summed E-state index contributed by atoms with van der Waals surface area (Å²) in [6.07, 6.45) is 10.4.